The minimum Gasteiger partial charge on any atom is -0.347 e. The summed E-state index contributed by atoms with van der Waals surface area (Å²) in [7, 11) is 0. The molecule has 4 heteroatoms. The van der Waals surface area contributed by atoms with Crippen molar-refractivity contribution in [2.45, 2.75) is 32.2 Å². The zero-order valence-corrected chi connectivity index (χ0v) is 12.4. The molecule has 1 atom stereocenters. The van der Waals surface area contributed by atoms with Crippen LogP contribution < -0.4 is 10.6 Å². The van der Waals surface area contributed by atoms with Crippen LogP contribution in [0.5, 0.6) is 0 Å². The van der Waals surface area contributed by atoms with Gasteiger partial charge in [0.15, 0.2) is 0 Å². The second-order valence-corrected chi connectivity index (χ2v) is 5.52. The molecule has 1 aliphatic rings. The van der Waals surface area contributed by atoms with E-state index in [4.69, 9.17) is 0 Å². The van der Waals surface area contributed by atoms with Crippen molar-refractivity contribution in [1.29, 1.82) is 0 Å². The first-order valence-electron chi connectivity index (χ1n) is 6.68. The Bertz CT molecular complexity index is 400. The number of amides is 1. The van der Waals surface area contributed by atoms with Crippen molar-refractivity contribution in [2.75, 3.05) is 13.1 Å². The molecule has 2 N–H and O–H groups in total. The van der Waals surface area contributed by atoms with Crippen LogP contribution in [0.1, 0.15) is 32.3 Å². The van der Waals surface area contributed by atoms with E-state index in [9.17, 15) is 4.79 Å². The Morgan fingerprint density at radius 2 is 2.00 bits per heavy atom. The number of nitrogens with one attached hydrogen (secondary N) is 2. The summed E-state index contributed by atoms with van der Waals surface area (Å²) < 4.78 is 0. The molecule has 3 nitrogen and oxygen atoms in total. The molecule has 1 aromatic rings. The number of hydrogen-bond acceptors (Lipinski definition) is 2. The smallest absolute Gasteiger partial charge is 0.225 e. The first-order valence-corrected chi connectivity index (χ1v) is 6.68. The summed E-state index contributed by atoms with van der Waals surface area (Å²) in [5.74, 6) is 0.276. The highest BCUT2D eigenvalue weighted by Gasteiger charge is 2.27. The minimum atomic E-state index is -0.310. The Morgan fingerprint density at radius 1 is 1.32 bits per heavy atom. The molecule has 0 aliphatic carbocycles. The number of carbonyl (C=O) groups is 1. The highest BCUT2D eigenvalue weighted by Crippen LogP contribution is 2.21. The molecule has 19 heavy (non-hydrogen) atoms. The van der Waals surface area contributed by atoms with Crippen LogP contribution in [0.2, 0.25) is 0 Å². The summed E-state index contributed by atoms with van der Waals surface area (Å²) >= 11 is 0. The van der Waals surface area contributed by atoms with Gasteiger partial charge in [-0.3, -0.25) is 4.79 Å². The molecule has 0 radical (unpaired) electrons. The molecular weight excluding hydrogens is 260 g/mol. The highest BCUT2D eigenvalue weighted by molar-refractivity contribution is 5.85. The van der Waals surface area contributed by atoms with Crippen molar-refractivity contribution in [1.82, 2.24) is 10.6 Å². The molecule has 106 valence electrons. The van der Waals surface area contributed by atoms with E-state index in [-0.39, 0.29) is 29.8 Å². The fraction of sp³-hybridized carbons (Fsp3) is 0.533. The van der Waals surface area contributed by atoms with Crippen molar-refractivity contribution < 1.29 is 4.79 Å². The van der Waals surface area contributed by atoms with Gasteiger partial charge in [-0.25, -0.2) is 0 Å². The van der Waals surface area contributed by atoms with Crippen LogP contribution in [0.3, 0.4) is 0 Å². The number of rotatable bonds is 3. The normalized spacial score (nSPS) is 19.4. The molecule has 0 saturated carbocycles. The topological polar surface area (TPSA) is 41.1 Å². The fourth-order valence-electron chi connectivity index (χ4n) is 2.41. The van der Waals surface area contributed by atoms with Crippen LogP contribution in [0.4, 0.5) is 0 Å². The Balaban J connectivity index is 0.00000180. The van der Waals surface area contributed by atoms with Crippen LogP contribution in [0.25, 0.3) is 0 Å². The second-order valence-electron chi connectivity index (χ2n) is 5.52. The molecule has 1 amide bonds. The first kappa shape index (κ1) is 16.0. The lowest BCUT2D eigenvalue weighted by atomic mass is 9.92. The number of benzene rings is 1. The van der Waals surface area contributed by atoms with Crippen LogP contribution in [0, 0.1) is 5.92 Å². The van der Waals surface area contributed by atoms with Gasteiger partial charge in [-0.15, -0.1) is 12.4 Å². The summed E-state index contributed by atoms with van der Waals surface area (Å²) in [5, 5.41) is 6.44. The molecule has 0 unspecified atom stereocenters. The lowest BCUT2D eigenvalue weighted by molar-refractivity contribution is -0.127. The van der Waals surface area contributed by atoms with Gasteiger partial charge in [0.1, 0.15) is 0 Å². The lowest BCUT2D eigenvalue weighted by Crippen LogP contribution is -2.47. The van der Waals surface area contributed by atoms with Gasteiger partial charge in [0, 0.05) is 6.54 Å². The summed E-state index contributed by atoms with van der Waals surface area (Å²) in [4.78, 5) is 12.2. The quantitative estimate of drug-likeness (QED) is 0.894. The predicted octanol–water partition coefficient (Wildman–Crippen LogP) is 2.46. The molecule has 0 bridgehead atoms. The van der Waals surface area contributed by atoms with Gasteiger partial charge >= 0.3 is 0 Å². The number of carbonyl (C=O) groups excluding carboxylic acids is 1. The average molecular weight is 283 g/mol. The Kier molecular flexibility index (Phi) is 5.83. The van der Waals surface area contributed by atoms with Crippen LogP contribution in [-0.4, -0.2) is 19.0 Å². The minimum absolute atomic E-state index is 0. The highest BCUT2D eigenvalue weighted by atomic mass is 35.5. The maximum Gasteiger partial charge on any atom is 0.225 e. The van der Waals surface area contributed by atoms with Gasteiger partial charge < -0.3 is 10.6 Å². The number of hydrogen-bond donors (Lipinski definition) is 2. The summed E-state index contributed by atoms with van der Waals surface area (Å²) in [6, 6.07) is 10.1. The largest absolute Gasteiger partial charge is 0.347 e. The van der Waals surface area contributed by atoms with E-state index < -0.39 is 0 Å². The van der Waals surface area contributed by atoms with E-state index in [2.05, 4.69) is 36.6 Å². The molecule has 0 spiro atoms. The third-order valence-electron chi connectivity index (χ3n) is 3.60. The molecule has 1 aromatic carbocycles. The SMILES string of the molecule is CC(C)(NC(=O)[C@@H]1CCCNC1)c1ccccc1.Cl. The van der Waals surface area contributed by atoms with Crippen molar-refractivity contribution in [3.63, 3.8) is 0 Å². The third-order valence-corrected chi connectivity index (χ3v) is 3.60. The Morgan fingerprint density at radius 3 is 2.58 bits per heavy atom. The van der Waals surface area contributed by atoms with E-state index in [0.717, 1.165) is 31.5 Å². The molecule has 2 rings (SSSR count). The van der Waals surface area contributed by atoms with Gasteiger partial charge in [-0.05, 0) is 38.8 Å². The maximum absolute atomic E-state index is 12.2. The van der Waals surface area contributed by atoms with E-state index >= 15 is 0 Å². The van der Waals surface area contributed by atoms with E-state index in [0.29, 0.717) is 0 Å². The predicted molar refractivity (Wildman–Crippen MR) is 80.5 cm³/mol. The Labute approximate surface area is 121 Å². The van der Waals surface area contributed by atoms with Gasteiger partial charge in [0.2, 0.25) is 5.91 Å². The van der Waals surface area contributed by atoms with Crippen molar-refractivity contribution in [3.8, 4) is 0 Å². The molecule has 1 saturated heterocycles. The lowest BCUT2D eigenvalue weighted by Gasteiger charge is -2.30. The van der Waals surface area contributed by atoms with Crippen LogP contribution >= 0.6 is 12.4 Å². The van der Waals surface area contributed by atoms with Crippen molar-refractivity contribution in [2.24, 2.45) is 5.92 Å². The maximum atomic E-state index is 12.2. The number of piperidine rings is 1. The molecular formula is C15H23ClN2O. The molecule has 0 aromatic heterocycles. The van der Waals surface area contributed by atoms with Gasteiger partial charge in [0.25, 0.3) is 0 Å². The summed E-state index contributed by atoms with van der Waals surface area (Å²) in [6.07, 6.45) is 2.08. The summed E-state index contributed by atoms with van der Waals surface area (Å²) in [5.41, 5.74) is 0.831. The molecule has 1 heterocycles. The number of halogens is 1. The monoisotopic (exact) mass is 282 g/mol. The summed E-state index contributed by atoms with van der Waals surface area (Å²) in [6.45, 7) is 5.94. The van der Waals surface area contributed by atoms with Gasteiger partial charge in [-0.2, -0.15) is 0 Å². The fourth-order valence-corrected chi connectivity index (χ4v) is 2.41. The van der Waals surface area contributed by atoms with Gasteiger partial charge in [-0.1, -0.05) is 30.3 Å². The molecule has 1 fully saturated rings. The van der Waals surface area contributed by atoms with E-state index in [1.807, 2.05) is 18.2 Å². The van der Waals surface area contributed by atoms with Crippen molar-refractivity contribution in [3.05, 3.63) is 35.9 Å². The molecule has 1 aliphatic heterocycles. The standard InChI is InChI=1S/C15H22N2O.ClH/c1-15(2,13-8-4-3-5-9-13)17-14(18)12-7-6-10-16-11-12;/h3-5,8-9,12,16H,6-7,10-11H2,1-2H3,(H,17,18);1H/t12-;/m1./s1. The first-order chi connectivity index (χ1) is 8.59. The van der Waals surface area contributed by atoms with Crippen molar-refractivity contribution >= 4 is 18.3 Å². The Hall–Kier alpha value is -1.06. The average Bonchev–Trinajstić information content (AvgIpc) is 2.40. The zero-order valence-electron chi connectivity index (χ0n) is 11.6. The zero-order chi connectivity index (χ0) is 13.0. The van der Waals surface area contributed by atoms with E-state index in [1.54, 1.807) is 0 Å². The van der Waals surface area contributed by atoms with Gasteiger partial charge in [0.05, 0.1) is 11.5 Å². The van der Waals surface area contributed by atoms with Crippen LogP contribution in [-0.2, 0) is 10.3 Å². The van der Waals surface area contributed by atoms with E-state index in [1.165, 1.54) is 0 Å². The second kappa shape index (κ2) is 6.92. The third kappa shape index (κ3) is 4.22. The van der Waals surface area contributed by atoms with Crippen LogP contribution in [0.15, 0.2) is 30.3 Å².